The highest BCUT2D eigenvalue weighted by Crippen LogP contribution is 2.47. The molecular formula is C28H28N2O7. The number of esters is 1. The van der Waals surface area contributed by atoms with E-state index in [-0.39, 0.29) is 29.4 Å². The third-order valence-electron chi connectivity index (χ3n) is 6.55. The van der Waals surface area contributed by atoms with Gasteiger partial charge in [0.1, 0.15) is 23.9 Å². The second kappa shape index (κ2) is 10.00. The Labute approximate surface area is 215 Å². The van der Waals surface area contributed by atoms with Gasteiger partial charge in [-0.3, -0.25) is 0 Å². The molecule has 3 aliphatic rings. The summed E-state index contributed by atoms with van der Waals surface area (Å²) in [6, 6.07) is 20.9. The summed E-state index contributed by atoms with van der Waals surface area (Å²) in [6.45, 7) is 3.84. The van der Waals surface area contributed by atoms with E-state index in [1.165, 1.54) is 7.11 Å². The number of fused-ring (bicyclic) bond motifs is 1. The number of nitriles is 1. The van der Waals surface area contributed by atoms with Gasteiger partial charge in [0.05, 0.1) is 31.3 Å². The SMILES string of the molecule is COC(=O)C1=C(N)OC(c2ccccc2)=C(C#N)[C@H]1[C@H]1O[C@@H]2OC(C)(C)O[C@@H]2[C@H]1OCc1ccccc1. The lowest BCUT2D eigenvalue weighted by Gasteiger charge is -2.34. The van der Waals surface area contributed by atoms with Crippen LogP contribution in [-0.4, -0.2) is 43.5 Å². The fourth-order valence-electron chi connectivity index (χ4n) is 4.98. The zero-order valence-corrected chi connectivity index (χ0v) is 20.7. The van der Waals surface area contributed by atoms with Crippen molar-refractivity contribution < 1.29 is 33.2 Å². The quantitative estimate of drug-likeness (QED) is 0.590. The largest absolute Gasteiger partial charge is 0.465 e. The first-order valence-electron chi connectivity index (χ1n) is 11.9. The van der Waals surface area contributed by atoms with Gasteiger partial charge in [0, 0.05) is 5.56 Å². The molecule has 0 saturated carbocycles. The summed E-state index contributed by atoms with van der Waals surface area (Å²) in [5.74, 6) is -2.51. The number of nitrogens with zero attached hydrogens (tertiary/aromatic N) is 1. The van der Waals surface area contributed by atoms with Gasteiger partial charge in [0.15, 0.2) is 17.8 Å². The molecule has 2 fully saturated rings. The lowest BCUT2D eigenvalue weighted by Crippen LogP contribution is -2.44. The molecule has 0 aliphatic carbocycles. The molecule has 37 heavy (non-hydrogen) atoms. The van der Waals surface area contributed by atoms with E-state index in [1.54, 1.807) is 26.0 Å². The third-order valence-corrected chi connectivity index (χ3v) is 6.55. The van der Waals surface area contributed by atoms with Crippen LogP contribution in [0.1, 0.15) is 25.0 Å². The van der Waals surface area contributed by atoms with Crippen molar-refractivity contribution in [2.75, 3.05) is 7.11 Å². The number of methoxy groups -OCH3 is 1. The molecule has 2 saturated heterocycles. The van der Waals surface area contributed by atoms with Gasteiger partial charge in [0.25, 0.3) is 0 Å². The van der Waals surface area contributed by atoms with Crippen LogP contribution in [0.3, 0.4) is 0 Å². The van der Waals surface area contributed by atoms with Crippen molar-refractivity contribution in [2.24, 2.45) is 11.7 Å². The van der Waals surface area contributed by atoms with Crippen molar-refractivity contribution in [3.05, 3.63) is 88.8 Å². The van der Waals surface area contributed by atoms with Gasteiger partial charge in [-0.05, 0) is 19.4 Å². The standard InChI is InChI=1S/C28H28N2O7/c1-28(2)36-24-23(33-15-16-10-6-4-7-11-16)22(35-27(24)37-28)19-18(14-29)21(17-12-8-5-9-13-17)34-25(30)20(19)26(31)32-3/h4-13,19,22-24,27H,15,30H2,1-3H3/t19-,22-,23+,24-,27-/m1/s1. The van der Waals surface area contributed by atoms with Crippen LogP contribution in [-0.2, 0) is 39.8 Å². The molecule has 0 amide bonds. The van der Waals surface area contributed by atoms with Crippen LogP contribution < -0.4 is 5.73 Å². The minimum absolute atomic E-state index is 0.0173. The molecule has 9 nitrogen and oxygen atoms in total. The van der Waals surface area contributed by atoms with Crippen LogP contribution in [0.15, 0.2) is 77.7 Å². The molecular weight excluding hydrogens is 476 g/mol. The first kappa shape index (κ1) is 25.0. The highest BCUT2D eigenvalue weighted by Gasteiger charge is 2.59. The maximum Gasteiger partial charge on any atom is 0.339 e. The number of carbonyl (C=O) groups excluding carboxylic acids is 1. The zero-order chi connectivity index (χ0) is 26.2. The van der Waals surface area contributed by atoms with Crippen LogP contribution in [0.5, 0.6) is 0 Å². The summed E-state index contributed by atoms with van der Waals surface area (Å²) < 4.78 is 35.7. The Balaban J connectivity index is 1.59. The van der Waals surface area contributed by atoms with Crippen LogP contribution >= 0.6 is 0 Å². The van der Waals surface area contributed by atoms with E-state index in [4.69, 9.17) is 34.2 Å². The van der Waals surface area contributed by atoms with Gasteiger partial charge >= 0.3 is 5.97 Å². The van der Waals surface area contributed by atoms with Crippen molar-refractivity contribution in [2.45, 2.75) is 50.8 Å². The fraction of sp³-hybridized carbons (Fsp3) is 0.357. The molecule has 0 bridgehead atoms. The summed E-state index contributed by atoms with van der Waals surface area (Å²) >= 11 is 0. The van der Waals surface area contributed by atoms with Crippen LogP contribution in [0.25, 0.3) is 5.76 Å². The average Bonchev–Trinajstić information content (AvgIpc) is 3.38. The maximum atomic E-state index is 13.0. The molecule has 5 rings (SSSR count). The molecule has 3 heterocycles. The summed E-state index contributed by atoms with van der Waals surface area (Å²) in [6.07, 6.45) is -2.95. The first-order chi connectivity index (χ1) is 17.8. The van der Waals surface area contributed by atoms with Gasteiger partial charge in [-0.2, -0.15) is 5.26 Å². The molecule has 3 aliphatic heterocycles. The molecule has 0 spiro atoms. The molecule has 2 N–H and O–H groups in total. The van der Waals surface area contributed by atoms with E-state index in [1.807, 2.05) is 48.5 Å². The van der Waals surface area contributed by atoms with Gasteiger partial charge in [-0.1, -0.05) is 60.7 Å². The second-order valence-electron chi connectivity index (χ2n) is 9.40. The number of hydrogen-bond acceptors (Lipinski definition) is 9. The van der Waals surface area contributed by atoms with E-state index in [9.17, 15) is 10.1 Å². The Morgan fingerprint density at radius 2 is 1.73 bits per heavy atom. The van der Waals surface area contributed by atoms with Crippen LogP contribution in [0, 0.1) is 17.2 Å². The van der Waals surface area contributed by atoms with Gasteiger partial charge in [-0.25, -0.2) is 4.79 Å². The maximum absolute atomic E-state index is 13.0. The van der Waals surface area contributed by atoms with E-state index < -0.39 is 42.3 Å². The Bertz CT molecular complexity index is 1270. The average molecular weight is 505 g/mol. The monoisotopic (exact) mass is 504 g/mol. The first-order valence-corrected chi connectivity index (χ1v) is 11.9. The Kier molecular flexibility index (Phi) is 6.75. The predicted molar refractivity (Wildman–Crippen MR) is 130 cm³/mol. The number of benzene rings is 2. The van der Waals surface area contributed by atoms with Crippen LogP contribution in [0.4, 0.5) is 0 Å². The topological polar surface area (TPSA) is 122 Å². The minimum atomic E-state index is -0.955. The van der Waals surface area contributed by atoms with Crippen molar-refractivity contribution >= 4 is 11.7 Å². The van der Waals surface area contributed by atoms with Gasteiger partial charge in [0.2, 0.25) is 5.88 Å². The van der Waals surface area contributed by atoms with E-state index in [2.05, 4.69) is 6.07 Å². The summed E-state index contributed by atoms with van der Waals surface area (Å²) in [4.78, 5) is 13.0. The third kappa shape index (κ3) is 4.72. The summed E-state index contributed by atoms with van der Waals surface area (Å²) in [5, 5.41) is 10.3. The molecule has 5 atom stereocenters. The molecule has 192 valence electrons. The Hall–Kier alpha value is -3.68. The summed E-state index contributed by atoms with van der Waals surface area (Å²) in [7, 11) is 1.24. The Morgan fingerprint density at radius 3 is 2.38 bits per heavy atom. The van der Waals surface area contributed by atoms with Gasteiger partial charge < -0.3 is 34.2 Å². The van der Waals surface area contributed by atoms with Gasteiger partial charge in [-0.15, -0.1) is 0 Å². The lowest BCUT2D eigenvalue weighted by atomic mass is 9.81. The summed E-state index contributed by atoms with van der Waals surface area (Å²) in [5.41, 5.74) is 8.00. The number of ether oxygens (including phenoxy) is 6. The second-order valence-corrected chi connectivity index (χ2v) is 9.40. The van der Waals surface area contributed by atoms with E-state index in [0.717, 1.165) is 5.56 Å². The molecule has 2 aromatic rings. The fourth-order valence-corrected chi connectivity index (χ4v) is 4.98. The zero-order valence-electron chi connectivity index (χ0n) is 20.7. The number of rotatable bonds is 6. The van der Waals surface area contributed by atoms with Crippen molar-refractivity contribution in [3.63, 3.8) is 0 Å². The molecule has 0 aromatic heterocycles. The van der Waals surface area contributed by atoms with Crippen molar-refractivity contribution in [1.29, 1.82) is 5.26 Å². The highest BCUT2D eigenvalue weighted by atomic mass is 16.8. The van der Waals surface area contributed by atoms with Crippen LogP contribution in [0.2, 0.25) is 0 Å². The number of hydrogen-bond donors (Lipinski definition) is 1. The smallest absolute Gasteiger partial charge is 0.339 e. The van der Waals surface area contributed by atoms with E-state index >= 15 is 0 Å². The lowest BCUT2D eigenvalue weighted by molar-refractivity contribution is -0.222. The molecule has 0 radical (unpaired) electrons. The number of carbonyl (C=O) groups is 1. The molecule has 0 unspecified atom stereocenters. The van der Waals surface area contributed by atoms with Crippen molar-refractivity contribution in [3.8, 4) is 6.07 Å². The van der Waals surface area contributed by atoms with Crippen molar-refractivity contribution in [1.82, 2.24) is 0 Å². The van der Waals surface area contributed by atoms with E-state index in [0.29, 0.717) is 5.56 Å². The highest BCUT2D eigenvalue weighted by molar-refractivity contribution is 5.92. The molecule has 2 aromatic carbocycles. The minimum Gasteiger partial charge on any atom is -0.465 e. The number of nitrogens with two attached hydrogens (primary N) is 1. The molecule has 9 heteroatoms. The Morgan fingerprint density at radius 1 is 1.05 bits per heavy atom. The normalized spacial score (nSPS) is 28.4. The predicted octanol–water partition coefficient (Wildman–Crippen LogP) is 3.37.